The van der Waals surface area contributed by atoms with Gasteiger partial charge in [-0.05, 0) is 61.0 Å². The van der Waals surface area contributed by atoms with Gasteiger partial charge in [0, 0.05) is 16.8 Å². The Labute approximate surface area is 223 Å². The molecule has 0 fully saturated rings. The van der Waals surface area contributed by atoms with Crippen molar-refractivity contribution in [3.63, 3.8) is 0 Å². The molecule has 190 valence electrons. The van der Waals surface area contributed by atoms with E-state index in [0.717, 1.165) is 11.3 Å². The van der Waals surface area contributed by atoms with Crippen LogP contribution in [0.4, 0.5) is 15.8 Å². The smallest absolute Gasteiger partial charge is 0.276 e. The zero-order valence-electron chi connectivity index (χ0n) is 19.7. The minimum absolute atomic E-state index is 0.136. The fraction of sp³-hybridized carbons (Fsp3) is 0.0741. The van der Waals surface area contributed by atoms with Crippen molar-refractivity contribution in [3.8, 4) is 0 Å². The topological polar surface area (TPSA) is 107 Å². The summed E-state index contributed by atoms with van der Waals surface area (Å²) in [5.41, 5.74) is 1.29. The molecule has 38 heavy (non-hydrogen) atoms. The van der Waals surface area contributed by atoms with E-state index in [-0.39, 0.29) is 21.4 Å². The highest BCUT2D eigenvalue weighted by atomic mass is 35.5. The maximum atomic E-state index is 13.7. The van der Waals surface area contributed by atoms with Crippen molar-refractivity contribution in [1.29, 1.82) is 0 Å². The van der Waals surface area contributed by atoms with Crippen molar-refractivity contribution in [1.82, 2.24) is 4.57 Å². The van der Waals surface area contributed by atoms with Crippen molar-refractivity contribution < 1.29 is 14.1 Å². The van der Waals surface area contributed by atoms with Gasteiger partial charge in [-0.15, -0.1) is 0 Å². The molecule has 8 nitrogen and oxygen atoms in total. The number of allylic oxidation sites excluding steroid dienone is 1. The molecular weight excluding hydrogens is 531 g/mol. The highest BCUT2D eigenvalue weighted by Gasteiger charge is 2.32. The van der Waals surface area contributed by atoms with Crippen LogP contribution >= 0.6 is 22.9 Å². The number of thiazole rings is 1. The monoisotopic (exact) mass is 548 g/mol. The van der Waals surface area contributed by atoms with Gasteiger partial charge in [0.25, 0.3) is 17.2 Å². The average molecular weight is 549 g/mol. The number of nitro benzene ring substituents is 1. The number of fused-ring (bicyclic) bond motifs is 1. The molecule has 0 saturated heterocycles. The standard InChI is InChI=1S/C27H18ClFN4O4S/c1-15-23(25(34)31-20-12-10-19(29)11-13-20)24(16-6-8-18(28)9-7-16)32-26(35)22(38-27(32)30-15)14-17-4-2-3-5-21(17)33(36)37/h2-14,24H,1H3,(H,31,34)/b22-14+. The van der Waals surface area contributed by atoms with Crippen LogP contribution in [0.3, 0.4) is 0 Å². The molecule has 1 aliphatic rings. The largest absolute Gasteiger partial charge is 0.322 e. The fourth-order valence-electron chi connectivity index (χ4n) is 4.22. The lowest BCUT2D eigenvalue weighted by molar-refractivity contribution is -0.385. The van der Waals surface area contributed by atoms with E-state index in [2.05, 4.69) is 10.3 Å². The number of aromatic nitrogens is 1. The van der Waals surface area contributed by atoms with Gasteiger partial charge in [0.05, 0.1) is 32.3 Å². The Kier molecular flexibility index (Phi) is 6.75. The Balaban J connectivity index is 1.68. The number of hydrogen-bond donors (Lipinski definition) is 1. The third-order valence-electron chi connectivity index (χ3n) is 5.97. The molecule has 0 bridgehead atoms. The third-order valence-corrected chi connectivity index (χ3v) is 7.21. The Bertz CT molecular complexity index is 1790. The number of rotatable bonds is 5. The van der Waals surface area contributed by atoms with Gasteiger partial charge >= 0.3 is 0 Å². The molecule has 1 amide bonds. The first-order valence-corrected chi connectivity index (χ1v) is 12.5. The van der Waals surface area contributed by atoms with Gasteiger partial charge in [-0.1, -0.05) is 47.2 Å². The van der Waals surface area contributed by atoms with Gasteiger partial charge < -0.3 is 5.32 Å². The Morgan fingerprint density at radius 1 is 1.13 bits per heavy atom. The molecule has 0 saturated carbocycles. The van der Waals surface area contributed by atoms with Gasteiger partial charge in [-0.25, -0.2) is 9.38 Å². The molecule has 1 N–H and O–H groups in total. The second kappa shape index (κ2) is 10.2. The quantitative estimate of drug-likeness (QED) is 0.291. The van der Waals surface area contributed by atoms with Crippen LogP contribution < -0.4 is 20.2 Å². The molecule has 1 atom stereocenters. The number of nitro groups is 1. The number of carbonyl (C=O) groups excluding carboxylic acids is 1. The SMILES string of the molecule is CC1=C(C(=O)Nc2ccc(F)cc2)C(c2ccc(Cl)cc2)n2c(s/c(=C/c3ccccc3[N+](=O)[O-])c2=O)=N1. The van der Waals surface area contributed by atoms with E-state index in [9.17, 15) is 24.1 Å². The summed E-state index contributed by atoms with van der Waals surface area (Å²) >= 11 is 7.17. The lowest BCUT2D eigenvalue weighted by atomic mass is 9.95. The first-order chi connectivity index (χ1) is 18.2. The Morgan fingerprint density at radius 2 is 1.82 bits per heavy atom. The molecule has 11 heteroatoms. The maximum absolute atomic E-state index is 13.7. The molecule has 0 radical (unpaired) electrons. The molecule has 1 aromatic heterocycles. The summed E-state index contributed by atoms with van der Waals surface area (Å²) in [7, 11) is 0. The van der Waals surface area contributed by atoms with Gasteiger partial charge in [0.2, 0.25) is 0 Å². The van der Waals surface area contributed by atoms with Crippen LogP contribution in [-0.4, -0.2) is 15.4 Å². The lowest BCUT2D eigenvalue weighted by Gasteiger charge is -2.25. The van der Waals surface area contributed by atoms with Crippen molar-refractivity contribution in [2.24, 2.45) is 4.99 Å². The van der Waals surface area contributed by atoms with Gasteiger partial charge in [0.15, 0.2) is 4.80 Å². The third kappa shape index (κ3) is 4.79. The number of halogens is 2. The summed E-state index contributed by atoms with van der Waals surface area (Å²) in [6.45, 7) is 1.67. The Morgan fingerprint density at radius 3 is 2.50 bits per heavy atom. The summed E-state index contributed by atoms with van der Waals surface area (Å²) in [6.07, 6.45) is 1.46. The average Bonchev–Trinajstić information content (AvgIpc) is 3.19. The number of nitrogens with zero attached hydrogens (tertiary/aromatic N) is 3. The first kappa shape index (κ1) is 25.2. The molecule has 4 aromatic rings. The van der Waals surface area contributed by atoms with E-state index in [0.29, 0.717) is 26.8 Å². The van der Waals surface area contributed by atoms with Crippen LogP contribution in [0.15, 0.2) is 93.9 Å². The van der Waals surface area contributed by atoms with E-state index >= 15 is 0 Å². The van der Waals surface area contributed by atoms with E-state index in [1.165, 1.54) is 41.0 Å². The highest BCUT2D eigenvalue weighted by Crippen LogP contribution is 2.31. The predicted molar refractivity (Wildman–Crippen MR) is 143 cm³/mol. The number of carbonyl (C=O) groups is 1. The molecule has 0 spiro atoms. The van der Waals surface area contributed by atoms with Crippen LogP contribution in [0.2, 0.25) is 5.02 Å². The number of amides is 1. The van der Waals surface area contributed by atoms with Crippen molar-refractivity contribution in [2.45, 2.75) is 13.0 Å². The molecule has 3 aromatic carbocycles. The van der Waals surface area contributed by atoms with E-state index in [4.69, 9.17) is 11.6 Å². The summed E-state index contributed by atoms with van der Waals surface area (Å²) in [6, 6.07) is 17.3. The van der Waals surface area contributed by atoms with E-state index in [1.807, 2.05) is 0 Å². The summed E-state index contributed by atoms with van der Waals surface area (Å²) in [5, 5.41) is 14.7. The molecule has 1 aliphatic heterocycles. The zero-order chi connectivity index (χ0) is 27.0. The number of para-hydroxylation sites is 1. The van der Waals surface area contributed by atoms with Crippen LogP contribution in [0.25, 0.3) is 6.08 Å². The van der Waals surface area contributed by atoms with Crippen molar-refractivity contribution >= 4 is 46.3 Å². The zero-order valence-corrected chi connectivity index (χ0v) is 21.3. The van der Waals surface area contributed by atoms with Crippen LogP contribution in [-0.2, 0) is 4.79 Å². The minimum atomic E-state index is -0.850. The minimum Gasteiger partial charge on any atom is -0.322 e. The predicted octanol–water partition coefficient (Wildman–Crippen LogP) is 4.57. The van der Waals surface area contributed by atoms with Crippen LogP contribution in [0.1, 0.15) is 24.1 Å². The van der Waals surface area contributed by atoms with E-state index < -0.39 is 28.2 Å². The molecule has 2 heterocycles. The second-order valence-electron chi connectivity index (χ2n) is 8.41. The molecule has 5 rings (SSSR count). The molecule has 0 aliphatic carbocycles. The first-order valence-electron chi connectivity index (χ1n) is 11.3. The number of benzene rings is 3. The summed E-state index contributed by atoms with van der Waals surface area (Å²) in [4.78, 5) is 43.1. The second-order valence-corrected chi connectivity index (χ2v) is 9.86. The number of nitrogens with one attached hydrogen (secondary N) is 1. The highest BCUT2D eigenvalue weighted by molar-refractivity contribution is 7.07. The van der Waals surface area contributed by atoms with Crippen LogP contribution in [0.5, 0.6) is 0 Å². The van der Waals surface area contributed by atoms with Gasteiger partial charge in [-0.3, -0.25) is 24.3 Å². The lowest BCUT2D eigenvalue weighted by Crippen LogP contribution is -2.40. The summed E-state index contributed by atoms with van der Waals surface area (Å²) < 4.78 is 15.0. The Hall–Kier alpha value is -4.41. The normalized spacial score (nSPS) is 15.1. The fourth-order valence-corrected chi connectivity index (χ4v) is 5.38. The summed E-state index contributed by atoms with van der Waals surface area (Å²) in [5.74, 6) is -0.951. The molecule has 1 unspecified atom stereocenters. The van der Waals surface area contributed by atoms with Crippen molar-refractivity contribution in [2.75, 3.05) is 5.32 Å². The maximum Gasteiger partial charge on any atom is 0.276 e. The van der Waals surface area contributed by atoms with Crippen LogP contribution in [0, 0.1) is 15.9 Å². The number of anilines is 1. The van der Waals surface area contributed by atoms with Gasteiger partial charge in [0.1, 0.15) is 5.82 Å². The number of hydrogen-bond acceptors (Lipinski definition) is 6. The van der Waals surface area contributed by atoms with Gasteiger partial charge in [-0.2, -0.15) is 0 Å². The van der Waals surface area contributed by atoms with Crippen molar-refractivity contribution in [3.05, 3.63) is 136 Å². The molecular formula is C27H18ClFN4O4S. The van der Waals surface area contributed by atoms with E-state index in [1.54, 1.807) is 49.4 Å².